The summed E-state index contributed by atoms with van der Waals surface area (Å²) in [4.78, 5) is 2.09. The molecule has 7 nitrogen and oxygen atoms in total. The minimum Gasteiger partial charge on any atom is -0.309 e. The molecule has 0 aliphatic rings. The third-order valence-corrected chi connectivity index (χ3v) is 4.11. The predicted molar refractivity (Wildman–Crippen MR) is 77.4 cm³/mol. The molecular formula is C11H17ClN4O3S. The summed E-state index contributed by atoms with van der Waals surface area (Å²) >= 11 is 0. The minimum absolute atomic E-state index is 0. The SMILES string of the molecule is CN(C)CCCNS(=O)(=O)c1cccc2nonc12.Cl. The van der Waals surface area contributed by atoms with E-state index in [-0.39, 0.29) is 22.8 Å². The van der Waals surface area contributed by atoms with Crippen molar-refractivity contribution in [3.8, 4) is 0 Å². The van der Waals surface area contributed by atoms with Gasteiger partial charge in [-0.05, 0) is 49.5 Å². The molecule has 0 atom stereocenters. The lowest BCUT2D eigenvalue weighted by molar-refractivity contribution is 0.315. The molecule has 0 amide bonds. The molecule has 2 rings (SSSR count). The first kappa shape index (κ1) is 16.8. The Labute approximate surface area is 123 Å². The number of sulfonamides is 1. The zero-order chi connectivity index (χ0) is 13.9. The fraction of sp³-hybridized carbons (Fsp3) is 0.455. The molecule has 0 fully saturated rings. The molecule has 0 saturated carbocycles. The Morgan fingerprint density at radius 2 is 2.05 bits per heavy atom. The number of hydrogen-bond acceptors (Lipinski definition) is 6. The van der Waals surface area contributed by atoms with Crippen molar-refractivity contribution >= 4 is 33.5 Å². The normalized spacial score (nSPS) is 11.8. The average molecular weight is 321 g/mol. The highest BCUT2D eigenvalue weighted by Crippen LogP contribution is 2.19. The van der Waals surface area contributed by atoms with Crippen LogP contribution in [0.2, 0.25) is 0 Å². The Morgan fingerprint density at radius 3 is 2.75 bits per heavy atom. The fourth-order valence-electron chi connectivity index (χ4n) is 1.68. The van der Waals surface area contributed by atoms with Gasteiger partial charge in [-0.2, -0.15) is 0 Å². The van der Waals surface area contributed by atoms with Crippen LogP contribution in [-0.4, -0.2) is 50.8 Å². The van der Waals surface area contributed by atoms with Gasteiger partial charge in [0.1, 0.15) is 10.4 Å². The average Bonchev–Trinajstić information content (AvgIpc) is 2.82. The fourth-order valence-corrected chi connectivity index (χ4v) is 2.90. The lowest BCUT2D eigenvalue weighted by atomic mass is 10.3. The summed E-state index contributed by atoms with van der Waals surface area (Å²) in [5.74, 6) is 0. The van der Waals surface area contributed by atoms with E-state index in [1.807, 2.05) is 19.0 Å². The maximum Gasteiger partial charge on any atom is 0.242 e. The largest absolute Gasteiger partial charge is 0.309 e. The predicted octanol–water partition coefficient (Wildman–Crippen LogP) is 0.875. The monoisotopic (exact) mass is 320 g/mol. The Hall–Kier alpha value is -1.22. The Bertz CT molecular complexity index is 656. The van der Waals surface area contributed by atoms with E-state index >= 15 is 0 Å². The van der Waals surface area contributed by atoms with Gasteiger partial charge in [0, 0.05) is 6.54 Å². The molecule has 1 aromatic carbocycles. The molecule has 1 N–H and O–H groups in total. The molecule has 1 heterocycles. The van der Waals surface area contributed by atoms with E-state index in [1.165, 1.54) is 6.07 Å². The summed E-state index contributed by atoms with van der Waals surface area (Å²) in [6.07, 6.45) is 0.735. The Kier molecular flexibility index (Phi) is 5.88. The minimum atomic E-state index is -3.59. The first-order chi connectivity index (χ1) is 9.00. The molecule has 0 aliphatic carbocycles. The van der Waals surface area contributed by atoms with Gasteiger partial charge in [-0.15, -0.1) is 12.4 Å². The standard InChI is InChI=1S/C11H16N4O3S.ClH/c1-15(2)8-4-7-12-19(16,17)10-6-3-5-9-11(10)14-18-13-9;/h3,5-6,12H,4,7-8H2,1-2H3;1H. The summed E-state index contributed by atoms with van der Waals surface area (Å²) < 4.78 is 31.4. The van der Waals surface area contributed by atoms with E-state index in [9.17, 15) is 8.42 Å². The van der Waals surface area contributed by atoms with Gasteiger partial charge in [-0.1, -0.05) is 6.07 Å². The van der Waals surface area contributed by atoms with Crippen molar-refractivity contribution in [1.82, 2.24) is 19.9 Å². The number of nitrogens with zero attached hydrogens (tertiary/aromatic N) is 3. The van der Waals surface area contributed by atoms with Crippen molar-refractivity contribution < 1.29 is 13.0 Å². The van der Waals surface area contributed by atoms with Gasteiger partial charge in [0.25, 0.3) is 0 Å². The molecule has 0 bridgehead atoms. The van der Waals surface area contributed by atoms with Crippen LogP contribution in [0.4, 0.5) is 0 Å². The third kappa shape index (κ3) is 3.89. The first-order valence-corrected chi connectivity index (χ1v) is 7.35. The number of rotatable bonds is 6. The Balaban J connectivity index is 0.00000200. The lowest BCUT2D eigenvalue weighted by Gasteiger charge is -2.10. The molecule has 0 saturated heterocycles. The maximum atomic E-state index is 12.2. The smallest absolute Gasteiger partial charge is 0.242 e. The van der Waals surface area contributed by atoms with Crippen molar-refractivity contribution in [1.29, 1.82) is 0 Å². The van der Waals surface area contributed by atoms with Crippen LogP contribution in [-0.2, 0) is 10.0 Å². The molecule has 2 aromatic rings. The molecular weight excluding hydrogens is 304 g/mol. The van der Waals surface area contributed by atoms with Crippen LogP contribution in [0.25, 0.3) is 11.0 Å². The topological polar surface area (TPSA) is 88.3 Å². The van der Waals surface area contributed by atoms with Crippen molar-refractivity contribution in [2.45, 2.75) is 11.3 Å². The summed E-state index contributed by atoms with van der Waals surface area (Å²) in [5.41, 5.74) is 0.679. The number of benzene rings is 1. The maximum absolute atomic E-state index is 12.2. The van der Waals surface area contributed by atoms with Gasteiger partial charge < -0.3 is 4.90 Å². The number of nitrogens with one attached hydrogen (secondary N) is 1. The van der Waals surface area contributed by atoms with Crippen LogP contribution >= 0.6 is 12.4 Å². The second-order valence-electron chi connectivity index (χ2n) is 4.44. The zero-order valence-electron chi connectivity index (χ0n) is 11.2. The summed E-state index contributed by atoms with van der Waals surface area (Å²) in [6, 6.07) is 4.75. The van der Waals surface area contributed by atoms with Gasteiger partial charge in [0.2, 0.25) is 10.0 Å². The molecule has 9 heteroatoms. The molecule has 20 heavy (non-hydrogen) atoms. The van der Waals surface area contributed by atoms with Crippen LogP contribution in [0, 0.1) is 0 Å². The highest BCUT2D eigenvalue weighted by atomic mass is 35.5. The zero-order valence-corrected chi connectivity index (χ0v) is 12.9. The lowest BCUT2D eigenvalue weighted by Crippen LogP contribution is -2.27. The summed E-state index contributed by atoms with van der Waals surface area (Å²) in [6.45, 7) is 1.19. The second kappa shape index (κ2) is 6.98. The first-order valence-electron chi connectivity index (χ1n) is 5.86. The van der Waals surface area contributed by atoms with E-state index in [2.05, 4.69) is 19.7 Å². The van der Waals surface area contributed by atoms with Crippen molar-refractivity contribution in [3.63, 3.8) is 0 Å². The Morgan fingerprint density at radius 1 is 1.30 bits per heavy atom. The van der Waals surface area contributed by atoms with E-state index in [4.69, 9.17) is 0 Å². The van der Waals surface area contributed by atoms with E-state index in [1.54, 1.807) is 12.1 Å². The molecule has 0 spiro atoms. The molecule has 0 aliphatic heterocycles. The molecule has 0 radical (unpaired) electrons. The highest BCUT2D eigenvalue weighted by Gasteiger charge is 2.19. The molecule has 1 aromatic heterocycles. The second-order valence-corrected chi connectivity index (χ2v) is 6.18. The van der Waals surface area contributed by atoms with Crippen LogP contribution < -0.4 is 4.72 Å². The van der Waals surface area contributed by atoms with Crippen LogP contribution in [0.3, 0.4) is 0 Å². The molecule has 112 valence electrons. The van der Waals surface area contributed by atoms with E-state index < -0.39 is 10.0 Å². The number of fused-ring (bicyclic) bond motifs is 1. The number of hydrogen-bond donors (Lipinski definition) is 1. The molecule has 0 unspecified atom stereocenters. The quantitative estimate of drug-likeness (QED) is 0.795. The van der Waals surface area contributed by atoms with Gasteiger partial charge >= 0.3 is 0 Å². The summed E-state index contributed by atoms with van der Waals surface area (Å²) in [7, 11) is 0.296. The number of halogens is 1. The van der Waals surface area contributed by atoms with E-state index in [0.29, 0.717) is 12.1 Å². The van der Waals surface area contributed by atoms with Gasteiger partial charge in [-0.3, -0.25) is 0 Å². The van der Waals surface area contributed by atoms with Gasteiger partial charge in [0.15, 0.2) is 5.52 Å². The van der Waals surface area contributed by atoms with E-state index in [0.717, 1.165) is 13.0 Å². The van der Waals surface area contributed by atoms with Gasteiger partial charge in [-0.25, -0.2) is 17.8 Å². The number of aromatic nitrogens is 2. The van der Waals surface area contributed by atoms with Crippen molar-refractivity contribution in [2.24, 2.45) is 0 Å². The van der Waals surface area contributed by atoms with Crippen LogP contribution in [0.5, 0.6) is 0 Å². The third-order valence-electron chi connectivity index (χ3n) is 2.61. The van der Waals surface area contributed by atoms with Crippen LogP contribution in [0.1, 0.15) is 6.42 Å². The van der Waals surface area contributed by atoms with Crippen molar-refractivity contribution in [2.75, 3.05) is 27.2 Å². The summed E-state index contributed by atoms with van der Waals surface area (Å²) in [5, 5.41) is 7.26. The van der Waals surface area contributed by atoms with Crippen LogP contribution in [0.15, 0.2) is 27.7 Å². The highest BCUT2D eigenvalue weighted by molar-refractivity contribution is 7.89. The van der Waals surface area contributed by atoms with Crippen molar-refractivity contribution in [3.05, 3.63) is 18.2 Å². The van der Waals surface area contributed by atoms with Gasteiger partial charge in [0.05, 0.1) is 0 Å².